The predicted octanol–water partition coefficient (Wildman–Crippen LogP) is 2.01. The zero-order chi connectivity index (χ0) is 23.0. The molecule has 172 valence electrons. The largest absolute Gasteiger partial charge is 0.506 e. The van der Waals surface area contributed by atoms with Crippen molar-refractivity contribution in [1.82, 2.24) is 4.57 Å². The fourth-order valence-corrected chi connectivity index (χ4v) is 4.77. The minimum absolute atomic E-state index is 0.113. The molecule has 1 fully saturated rings. The molecule has 0 spiro atoms. The van der Waals surface area contributed by atoms with E-state index in [0.717, 1.165) is 11.8 Å². The van der Waals surface area contributed by atoms with Crippen LogP contribution in [-0.4, -0.2) is 67.7 Å². The molecule has 32 heavy (non-hydrogen) atoms. The zero-order valence-corrected chi connectivity index (χ0v) is 17.9. The van der Waals surface area contributed by atoms with Crippen LogP contribution in [-0.2, 0) is 4.74 Å². The summed E-state index contributed by atoms with van der Waals surface area (Å²) in [4.78, 5) is 0.889. The number of para-hydroxylation sites is 1. The molecule has 1 saturated heterocycles. The molecule has 5 atom stereocenters. The van der Waals surface area contributed by atoms with E-state index in [0.29, 0.717) is 33.1 Å². The first-order chi connectivity index (χ1) is 15.3. The Morgan fingerprint density at radius 1 is 1.09 bits per heavy atom. The Labute approximate surface area is 187 Å². The van der Waals surface area contributed by atoms with Crippen LogP contribution in [0.1, 0.15) is 13.2 Å². The lowest BCUT2D eigenvalue weighted by Crippen LogP contribution is -2.56. The Bertz CT molecular complexity index is 1110. The number of fused-ring (bicyclic) bond motifs is 1. The number of halogens is 1. The van der Waals surface area contributed by atoms with Gasteiger partial charge in [-0.3, -0.25) is 0 Å². The van der Waals surface area contributed by atoms with Gasteiger partial charge >= 0.3 is 0 Å². The van der Waals surface area contributed by atoms with E-state index >= 15 is 0 Å². The van der Waals surface area contributed by atoms with E-state index in [9.17, 15) is 29.9 Å². The molecule has 3 aromatic rings. The van der Waals surface area contributed by atoms with E-state index in [1.807, 2.05) is 0 Å². The van der Waals surface area contributed by atoms with Gasteiger partial charge in [-0.15, -0.1) is 0 Å². The van der Waals surface area contributed by atoms with Gasteiger partial charge in [-0.1, -0.05) is 23.9 Å². The van der Waals surface area contributed by atoms with Crippen LogP contribution in [0.25, 0.3) is 10.9 Å². The van der Waals surface area contributed by atoms with Gasteiger partial charge < -0.3 is 39.6 Å². The molecule has 1 aliphatic heterocycles. The molecule has 1 aliphatic rings. The smallest absolute Gasteiger partial charge is 0.163 e. The highest BCUT2D eigenvalue weighted by Gasteiger charge is 2.44. The van der Waals surface area contributed by atoms with Crippen molar-refractivity contribution in [2.45, 2.75) is 47.4 Å². The van der Waals surface area contributed by atoms with Crippen LogP contribution in [0.5, 0.6) is 11.5 Å². The maximum Gasteiger partial charge on any atom is 0.163 e. The number of aliphatic hydroxyl groups excluding tert-OH is 4. The molecule has 10 heteroatoms. The average Bonchev–Trinajstić information content (AvgIpc) is 3.14. The van der Waals surface area contributed by atoms with Crippen LogP contribution in [0.4, 0.5) is 4.39 Å². The second-order valence-corrected chi connectivity index (χ2v) is 8.50. The Morgan fingerprint density at radius 3 is 2.56 bits per heavy atom. The minimum atomic E-state index is -1.58. The summed E-state index contributed by atoms with van der Waals surface area (Å²) in [6.07, 6.45) is -5.37. The lowest BCUT2D eigenvalue weighted by Gasteiger charge is -2.40. The molecule has 5 N–H and O–H groups in total. The summed E-state index contributed by atoms with van der Waals surface area (Å²) in [5, 5.41) is 51.4. The van der Waals surface area contributed by atoms with Crippen molar-refractivity contribution in [1.29, 1.82) is 0 Å². The first kappa shape index (κ1) is 22.8. The van der Waals surface area contributed by atoms with Crippen molar-refractivity contribution in [3.05, 3.63) is 48.4 Å². The van der Waals surface area contributed by atoms with E-state index in [1.54, 1.807) is 37.4 Å². The summed E-state index contributed by atoms with van der Waals surface area (Å²) in [6, 6.07) is 9.35. The highest BCUT2D eigenvalue weighted by Crippen LogP contribution is 2.42. The first-order valence-electron chi connectivity index (χ1n) is 10.1. The topological polar surface area (TPSA) is 125 Å². The summed E-state index contributed by atoms with van der Waals surface area (Å²) in [6.45, 7) is 1.64. The molecular formula is C22H24FNO7S. The third-order valence-corrected chi connectivity index (χ3v) is 6.47. The number of phenolic OH excluding ortho intramolecular Hbond substituents is 1. The van der Waals surface area contributed by atoms with Gasteiger partial charge in [0.1, 0.15) is 41.7 Å². The van der Waals surface area contributed by atoms with E-state index in [2.05, 4.69) is 0 Å². The van der Waals surface area contributed by atoms with E-state index in [1.165, 1.54) is 16.7 Å². The van der Waals surface area contributed by atoms with E-state index in [4.69, 9.17) is 9.47 Å². The second-order valence-electron chi connectivity index (χ2n) is 7.42. The van der Waals surface area contributed by atoms with Crippen LogP contribution < -0.4 is 4.74 Å². The zero-order valence-electron chi connectivity index (χ0n) is 17.1. The molecule has 2 aromatic carbocycles. The molecule has 8 nitrogen and oxygen atoms in total. The highest BCUT2D eigenvalue weighted by atomic mass is 32.2. The number of rotatable bonds is 6. The normalized spacial score (nSPS) is 25.9. The highest BCUT2D eigenvalue weighted by molar-refractivity contribution is 7.99. The molecule has 0 radical (unpaired) electrons. The van der Waals surface area contributed by atoms with Crippen LogP contribution in [0.2, 0.25) is 0 Å². The quantitative estimate of drug-likeness (QED) is 0.375. The summed E-state index contributed by atoms with van der Waals surface area (Å²) < 4.78 is 27.0. The van der Waals surface area contributed by atoms with Crippen molar-refractivity contribution in [2.24, 2.45) is 0 Å². The molecular weight excluding hydrogens is 441 g/mol. The van der Waals surface area contributed by atoms with Gasteiger partial charge in [-0.05, 0) is 25.1 Å². The summed E-state index contributed by atoms with van der Waals surface area (Å²) in [7, 11) is 0. The van der Waals surface area contributed by atoms with E-state index in [-0.39, 0.29) is 5.75 Å². The first-order valence-corrected chi connectivity index (χ1v) is 10.9. The van der Waals surface area contributed by atoms with Gasteiger partial charge in [0.05, 0.1) is 18.7 Å². The second kappa shape index (κ2) is 9.26. The molecule has 0 bridgehead atoms. The third-order valence-electron chi connectivity index (χ3n) is 5.37. The number of hydrogen-bond acceptors (Lipinski definition) is 8. The molecule has 0 saturated carbocycles. The summed E-state index contributed by atoms with van der Waals surface area (Å²) in [5.41, 5.74) is 0.297. The Morgan fingerprint density at radius 2 is 1.88 bits per heavy atom. The van der Waals surface area contributed by atoms with Gasteiger partial charge in [0.25, 0.3) is 0 Å². The standard InChI is InChI=1S/C22H24FNO7S/c1-2-30-11-6-7-16(13(23)8-11)32-17-9-24(18-12(17)4-3-5-14(18)26)22-21(29)20(28)19(27)15(10-25)31-22/h3-9,15,19-22,25-29H,2,10H2,1H3/t15-,19-,20+,21-,22-/m1/s1. The fraction of sp³-hybridized carbons (Fsp3) is 0.364. The van der Waals surface area contributed by atoms with Crippen molar-refractivity contribution in [3.63, 3.8) is 0 Å². The lowest BCUT2D eigenvalue weighted by molar-refractivity contribution is -0.250. The van der Waals surface area contributed by atoms with Gasteiger partial charge in [0.2, 0.25) is 0 Å². The third kappa shape index (κ3) is 4.05. The SMILES string of the molecule is CCOc1ccc(Sc2cn([C@@H]3O[C@H](CO)[C@@H](O)[C@H](O)[C@H]3O)c3c(O)cccc23)c(F)c1. The monoisotopic (exact) mass is 465 g/mol. The van der Waals surface area contributed by atoms with Gasteiger partial charge in [0, 0.05) is 27.4 Å². The summed E-state index contributed by atoms with van der Waals surface area (Å²) in [5.74, 6) is -0.177. The Hall–Kier alpha value is -2.34. The predicted molar refractivity (Wildman–Crippen MR) is 114 cm³/mol. The minimum Gasteiger partial charge on any atom is -0.506 e. The van der Waals surface area contributed by atoms with Crippen LogP contribution in [0, 0.1) is 5.82 Å². The number of benzene rings is 2. The van der Waals surface area contributed by atoms with E-state index < -0.39 is 43.1 Å². The van der Waals surface area contributed by atoms with Crippen LogP contribution >= 0.6 is 11.8 Å². The number of aromatic nitrogens is 1. The molecule has 0 unspecified atom stereocenters. The fourth-order valence-electron chi connectivity index (χ4n) is 3.80. The van der Waals surface area contributed by atoms with Gasteiger partial charge in [-0.25, -0.2) is 4.39 Å². The molecule has 0 amide bonds. The Kier molecular flexibility index (Phi) is 6.61. The number of aromatic hydroxyl groups is 1. The molecule has 2 heterocycles. The number of aliphatic hydroxyl groups is 4. The summed E-state index contributed by atoms with van der Waals surface area (Å²) >= 11 is 1.11. The van der Waals surface area contributed by atoms with Crippen molar-refractivity contribution >= 4 is 22.7 Å². The average molecular weight is 465 g/mol. The number of ether oxygens (including phenoxy) is 2. The van der Waals surface area contributed by atoms with Crippen molar-refractivity contribution in [3.8, 4) is 11.5 Å². The molecule has 4 rings (SSSR count). The maximum absolute atomic E-state index is 14.6. The Balaban J connectivity index is 1.76. The van der Waals surface area contributed by atoms with Crippen molar-refractivity contribution < 1.29 is 39.4 Å². The lowest BCUT2D eigenvalue weighted by atomic mass is 9.98. The van der Waals surface area contributed by atoms with Gasteiger partial charge in [0.15, 0.2) is 6.23 Å². The number of hydrogen-bond donors (Lipinski definition) is 5. The van der Waals surface area contributed by atoms with Crippen LogP contribution in [0.15, 0.2) is 52.4 Å². The van der Waals surface area contributed by atoms with Gasteiger partial charge in [-0.2, -0.15) is 0 Å². The van der Waals surface area contributed by atoms with Crippen LogP contribution in [0.3, 0.4) is 0 Å². The molecule has 0 aliphatic carbocycles. The number of phenols is 1. The van der Waals surface area contributed by atoms with Crippen molar-refractivity contribution in [2.75, 3.05) is 13.2 Å². The number of nitrogens with zero attached hydrogens (tertiary/aromatic N) is 1. The molecule has 1 aromatic heterocycles. The maximum atomic E-state index is 14.6.